The molecule has 1 saturated heterocycles. The van der Waals surface area contributed by atoms with Gasteiger partial charge in [-0.25, -0.2) is 0 Å². The van der Waals surface area contributed by atoms with Crippen LogP contribution in [0.15, 0.2) is 0 Å². The van der Waals surface area contributed by atoms with Crippen LogP contribution in [0.1, 0.15) is 33.1 Å². The molecule has 0 aromatic heterocycles. The molecule has 0 atom stereocenters. The number of likely N-dealkylation sites (tertiary alicyclic amines) is 1. The zero-order valence-corrected chi connectivity index (χ0v) is 7.64. The summed E-state index contributed by atoms with van der Waals surface area (Å²) in [6, 6.07) is 2.16. The van der Waals surface area contributed by atoms with E-state index in [2.05, 4.69) is 11.0 Å². The van der Waals surface area contributed by atoms with Crippen molar-refractivity contribution in [2.75, 3.05) is 19.6 Å². The topological polar surface area (TPSA) is 27.0 Å². The van der Waals surface area contributed by atoms with Crippen molar-refractivity contribution in [2.24, 2.45) is 0 Å². The van der Waals surface area contributed by atoms with Crippen molar-refractivity contribution in [3.63, 3.8) is 0 Å². The summed E-state index contributed by atoms with van der Waals surface area (Å²) >= 11 is 0. The van der Waals surface area contributed by atoms with Crippen molar-refractivity contribution in [3.05, 3.63) is 0 Å². The van der Waals surface area contributed by atoms with Gasteiger partial charge in [-0.1, -0.05) is 20.3 Å². The number of nitriles is 1. The number of rotatable bonds is 1. The third kappa shape index (κ3) is 4.80. The maximum atomic E-state index is 8.33. The van der Waals surface area contributed by atoms with Crippen LogP contribution in [0.4, 0.5) is 0 Å². The molecule has 1 fully saturated rings. The molecule has 1 heterocycles. The van der Waals surface area contributed by atoms with E-state index in [9.17, 15) is 0 Å². The van der Waals surface area contributed by atoms with E-state index in [4.69, 9.17) is 5.26 Å². The van der Waals surface area contributed by atoms with E-state index in [1.165, 1.54) is 19.3 Å². The largest absolute Gasteiger partial charge is 0.291 e. The summed E-state index contributed by atoms with van der Waals surface area (Å²) < 4.78 is 0. The predicted octanol–water partition coefficient (Wildman–Crippen LogP) is 2.02. The van der Waals surface area contributed by atoms with Crippen molar-refractivity contribution < 1.29 is 0 Å². The maximum absolute atomic E-state index is 8.33. The molecular formula is C9H18N2. The molecule has 0 unspecified atom stereocenters. The fourth-order valence-electron chi connectivity index (χ4n) is 1.22. The molecule has 2 heteroatoms. The standard InChI is InChI=1S/C7H12N2.C2H6/c8-4-7-9-5-2-1-3-6-9;1-2/h1-3,5-7H2;1-2H3. The average molecular weight is 154 g/mol. The molecule has 1 aliphatic rings. The van der Waals surface area contributed by atoms with Crippen LogP contribution in [0.2, 0.25) is 0 Å². The van der Waals surface area contributed by atoms with Gasteiger partial charge in [-0.15, -0.1) is 0 Å². The summed E-state index contributed by atoms with van der Waals surface area (Å²) in [5.74, 6) is 0. The molecule has 0 spiro atoms. The molecule has 0 saturated carbocycles. The Morgan fingerprint density at radius 2 is 1.73 bits per heavy atom. The molecule has 0 N–H and O–H groups in total. The first-order valence-corrected chi connectivity index (χ1v) is 4.53. The highest BCUT2D eigenvalue weighted by molar-refractivity contribution is 4.77. The highest BCUT2D eigenvalue weighted by Crippen LogP contribution is 2.06. The van der Waals surface area contributed by atoms with Gasteiger partial charge in [0.05, 0.1) is 12.6 Å². The van der Waals surface area contributed by atoms with Gasteiger partial charge in [-0.2, -0.15) is 5.26 Å². The van der Waals surface area contributed by atoms with Crippen LogP contribution < -0.4 is 0 Å². The Morgan fingerprint density at radius 3 is 2.18 bits per heavy atom. The monoisotopic (exact) mass is 154 g/mol. The molecule has 2 nitrogen and oxygen atoms in total. The van der Waals surface area contributed by atoms with Crippen LogP contribution in [0.5, 0.6) is 0 Å². The minimum Gasteiger partial charge on any atom is -0.291 e. The van der Waals surface area contributed by atoms with Crippen molar-refractivity contribution >= 4 is 0 Å². The minimum absolute atomic E-state index is 0.625. The lowest BCUT2D eigenvalue weighted by atomic mass is 10.1. The third-order valence-electron chi connectivity index (χ3n) is 1.74. The Bertz CT molecular complexity index is 109. The number of piperidine rings is 1. The summed E-state index contributed by atoms with van der Waals surface area (Å²) in [5.41, 5.74) is 0. The summed E-state index contributed by atoms with van der Waals surface area (Å²) in [4.78, 5) is 2.21. The van der Waals surface area contributed by atoms with Crippen LogP contribution in [0.25, 0.3) is 0 Å². The van der Waals surface area contributed by atoms with E-state index in [0.29, 0.717) is 6.54 Å². The van der Waals surface area contributed by atoms with Gasteiger partial charge >= 0.3 is 0 Å². The van der Waals surface area contributed by atoms with Crippen LogP contribution in [-0.2, 0) is 0 Å². The molecule has 1 aliphatic heterocycles. The van der Waals surface area contributed by atoms with Gasteiger partial charge in [0.1, 0.15) is 0 Å². The molecule has 0 aromatic carbocycles. The lowest BCUT2D eigenvalue weighted by molar-refractivity contribution is 0.254. The van der Waals surface area contributed by atoms with E-state index in [1.54, 1.807) is 0 Å². The molecule has 0 bridgehead atoms. The fraction of sp³-hybridized carbons (Fsp3) is 0.889. The van der Waals surface area contributed by atoms with Gasteiger partial charge in [0.15, 0.2) is 0 Å². The van der Waals surface area contributed by atoms with Gasteiger partial charge in [-0.05, 0) is 25.9 Å². The molecular weight excluding hydrogens is 136 g/mol. The molecule has 1 rings (SSSR count). The smallest absolute Gasteiger partial charge is 0.0865 e. The fourth-order valence-corrected chi connectivity index (χ4v) is 1.22. The van der Waals surface area contributed by atoms with Gasteiger partial charge in [0.25, 0.3) is 0 Å². The molecule has 0 amide bonds. The average Bonchev–Trinajstić information content (AvgIpc) is 2.11. The van der Waals surface area contributed by atoms with Crippen molar-refractivity contribution in [2.45, 2.75) is 33.1 Å². The van der Waals surface area contributed by atoms with Crippen molar-refractivity contribution in [1.29, 1.82) is 5.26 Å². The van der Waals surface area contributed by atoms with Crippen molar-refractivity contribution in [3.8, 4) is 6.07 Å². The summed E-state index contributed by atoms with van der Waals surface area (Å²) in [6.07, 6.45) is 3.91. The van der Waals surface area contributed by atoms with E-state index < -0.39 is 0 Å². The van der Waals surface area contributed by atoms with Crippen LogP contribution in [0, 0.1) is 11.3 Å². The highest BCUT2D eigenvalue weighted by atomic mass is 15.1. The Morgan fingerprint density at radius 1 is 1.18 bits per heavy atom. The summed E-state index contributed by atoms with van der Waals surface area (Å²) in [5, 5.41) is 8.33. The SMILES string of the molecule is CC.N#CCN1CCCCC1. The second kappa shape index (κ2) is 7.56. The number of nitrogens with zero attached hydrogens (tertiary/aromatic N) is 2. The van der Waals surface area contributed by atoms with Gasteiger partial charge in [0, 0.05) is 0 Å². The van der Waals surface area contributed by atoms with E-state index in [-0.39, 0.29) is 0 Å². The molecule has 64 valence electrons. The summed E-state index contributed by atoms with van der Waals surface area (Å²) in [6.45, 7) is 6.89. The zero-order chi connectivity index (χ0) is 8.53. The second-order valence-corrected chi connectivity index (χ2v) is 2.49. The highest BCUT2D eigenvalue weighted by Gasteiger charge is 2.07. The lowest BCUT2D eigenvalue weighted by Gasteiger charge is -2.22. The Hall–Kier alpha value is -0.550. The van der Waals surface area contributed by atoms with Gasteiger partial charge in [-0.3, -0.25) is 4.90 Å². The van der Waals surface area contributed by atoms with E-state index in [1.807, 2.05) is 13.8 Å². The van der Waals surface area contributed by atoms with Gasteiger partial charge < -0.3 is 0 Å². The predicted molar refractivity (Wildman–Crippen MR) is 47.3 cm³/mol. The number of hydrogen-bond donors (Lipinski definition) is 0. The molecule has 11 heavy (non-hydrogen) atoms. The quantitative estimate of drug-likeness (QED) is 0.540. The normalized spacial score (nSPS) is 17.9. The second-order valence-electron chi connectivity index (χ2n) is 2.49. The van der Waals surface area contributed by atoms with E-state index >= 15 is 0 Å². The molecule has 0 aromatic rings. The third-order valence-corrected chi connectivity index (χ3v) is 1.74. The first-order chi connectivity index (χ1) is 5.43. The number of hydrogen-bond acceptors (Lipinski definition) is 2. The van der Waals surface area contributed by atoms with Gasteiger partial charge in [0.2, 0.25) is 0 Å². The Kier molecular flexibility index (Phi) is 7.18. The van der Waals surface area contributed by atoms with Crippen LogP contribution in [0.3, 0.4) is 0 Å². The Balaban J connectivity index is 0.000000461. The van der Waals surface area contributed by atoms with Crippen molar-refractivity contribution in [1.82, 2.24) is 4.90 Å². The maximum Gasteiger partial charge on any atom is 0.0865 e. The molecule has 0 radical (unpaired) electrons. The van der Waals surface area contributed by atoms with Crippen LogP contribution in [-0.4, -0.2) is 24.5 Å². The lowest BCUT2D eigenvalue weighted by Crippen LogP contribution is -2.29. The summed E-state index contributed by atoms with van der Waals surface area (Å²) in [7, 11) is 0. The Labute approximate surface area is 69.8 Å². The zero-order valence-electron chi connectivity index (χ0n) is 7.64. The first-order valence-electron chi connectivity index (χ1n) is 4.53. The minimum atomic E-state index is 0.625. The molecule has 0 aliphatic carbocycles. The van der Waals surface area contributed by atoms with Crippen LogP contribution >= 0.6 is 0 Å². The van der Waals surface area contributed by atoms with E-state index in [0.717, 1.165) is 13.1 Å². The first kappa shape index (κ1) is 10.4.